The normalized spacial score (nSPS) is 14.4. The van der Waals surface area contributed by atoms with Gasteiger partial charge in [0, 0.05) is 0 Å². The van der Waals surface area contributed by atoms with E-state index in [9.17, 15) is 0 Å². The van der Waals surface area contributed by atoms with Gasteiger partial charge in [-0.25, -0.2) is 0 Å². The fraction of sp³-hybridized carbons (Fsp3) is 0.667. The highest BCUT2D eigenvalue weighted by molar-refractivity contribution is 4.66. The summed E-state index contributed by atoms with van der Waals surface area (Å²) in [7, 11) is 0. The van der Waals surface area contributed by atoms with Gasteiger partial charge >= 0.3 is 0 Å². The van der Waals surface area contributed by atoms with E-state index in [2.05, 4.69) is 0 Å². The van der Waals surface area contributed by atoms with Gasteiger partial charge in [0.2, 0.25) is 0 Å². The molecule has 0 aliphatic rings. The van der Waals surface area contributed by atoms with Crippen molar-refractivity contribution in [2.24, 2.45) is 0 Å². The Morgan fingerprint density at radius 1 is 1.75 bits per heavy atom. The van der Waals surface area contributed by atoms with Crippen LogP contribution in [0.3, 0.4) is 0 Å². The Bertz CT molecular complexity index is 68.9. The smallest absolute Gasteiger partial charge is 0.118 e. The topological polar surface area (TPSA) is 29.5 Å². The second-order valence-corrected chi connectivity index (χ2v) is 1.60. The van der Waals surface area contributed by atoms with E-state index in [0.29, 0.717) is 0 Å². The van der Waals surface area contributed by atoms with Crippen molar-refractivity contribution >= 4 is 0 Å². The third-order valence-electron chi connectivity index (χ3n) is 0.704. The van der Waals surface area contributed by atoms with Crippen molar-refractivity contribution in [1.82, 2.24) is 0 Å². The molecule has 0 radical (unpaired) electrons. The number of rotatable bonds is 3. The highest BCUT2D eigenvalue weighted by atomic mass is 16.5. The Labute approximate surface area is 49.8 Å². The van der Waals surface area contributed by atoms with E-state index in [-0.39, 0.29) is 12.7 Å². The van der Waals surface area contributed by atoms with Gasteiger partial charge in [-0.1, -0.05) is 6.08 Å². The molecule has 2 nitrogen and oxygen atoms in total. The molecule has 0 aromatic carbocycles. The van der Waals surface area contributed by atoms with Crippen LogP contribution in [0.4, 0.5) is 0 Å². The molecule has 2 heteroatoms. The number of ether oxygens (including phenoxy) is 1. The minimum atomic E-state index is -0.0776. The van der Waals surface area contributed by atoms with Gasteiger partial charge in [0.25, 0.3) is 0 Å². The highest BCUT2D eigenvalue weighted by Gasteiger charge is 1.92. The zero-order chi connectivity index (χ0) is 6.41. The van der Waals surface area contributed by atoms with Crippen molar-refractivity contribution in [3.8, 4) is 0 Å². The van der Waals surface area contributed by atoms with Gasteiger partial charge in [0.15, 0.2) is 0 Å². The van der Waals surface area contributed by atoms with E-state index in [0.717, 1.165) is 0 Å². The molecule has 0 bridgehead atoms. The third kappa shape index (κ3) is 3.68. The minimum absolute atomic E-state index is 0.0737. The molecule has 0 rings (SSSR count). The summed E-state index contributed by atoms with van der Waals surface area (Å²) >= 11 is 0. The first kappa shape index (κ1) is 7.50. The Morgan fingerprint density at radius 3 is 2.75 bits per heavy atom. The van der Waals surface area contributed by atoms with Crippen LogP contribution in [0.2, 0.25) is 0 Å². The summed E-state index contributed by atoms with van der Waals surface area (Å²) in [6, 6.07) is 0. The predicted octanol–water partition coefficient (Wildman–Crippen LogP) is 0.917. The highest BCUT2D eigenvalue weighted by Crippen LogP contribution is 1.87. The van der Waals surface area contributed by atoms with Crippen LogP contribution in [0.1, 0.15) is 13.8 Å². The largest absolute Gasteiger partial charge is 0.496 e. The summed E-state index contributed by atoms with van der Waals surface area (Å²) in [6.45, 7) is 3.74. The maximum Gasteiger partial charge on any atom is 0.118 e. The van der Waals surface area contributed by atoms with Crippen molar-refractivity contribution in [2.45, 2.75) is 20.0 Å². The third-order valence-corrected chi connectivity index (χ3v) is 0.704. The fourth-order valence-corrected chi connectivity index (χ4v) is 0.256. The number of aliphatic hydroxyl groups excluding tert-OH is 1. The fourth-order valence-electron chi connectivity index (χ4n) is 0.256. The maximum absolute atomic E-state index is 8.40. The first-order valence-corrected chi connectivity index (χ1v) is 2.68. The van der Waals surface area contributed by atoms with E-state index >= 15 is 0 Å². The lowest BCUT2D eigenvalue weighted by atomic mass is 10.4. The molecule has 8 heavy (non-hydrogen) atoms. The van der Waals surface area contributed by atoms with Crippen LogP contribution in [-0.4, -0.2) is 17.8 Å². The Balaban J connectivity index is 3.10. The first-order chi connectivity index (χ1) is 3.81. The summed E-state index contributed by atoms with van der Waals surface area (Å²) in [5.41, 5.74) is 0. The average molecular weight is 116 g/mol. The molecule has 1 N–H and O–H groups in total. The molecule has 0 aliphatic carbocycles. The van der Waals surface area contributed by atoms with Crippen LogP contribution < -0.4 is 0 Å². The molecule has 1 atom stereocenters. The Hall–Kier alpha value is -0.500. The van der Waals surface area contributed by atoms with Crippen molar-refractivity contribution < 1.29 is 9.84 Å². The van der Waals surface area contributed by atoms with Crippen LogP contribution in [0.25, 0.3) is 0 Å². The Kier molecular flexibility index (Phi) is 4.36. The van der Waals surface area contributed by atoms with Gasteiger partial charge in [-0.15, -0.1) is 0 Å². The molecule has 0 aliphatic heterocycles. The number of aliphatic hydroxyl groups is 1. The van der Waals surface area contributed by atoms with E-state index in [1.165, 1.54) is 0 Å². The van der Waals surface area contributed by atoms with Crippen LogP contribution in [0.15, 0.2) is 12.3 Å². The van der Waals surface area contributed by atoms with E-state index in [1.54, 1.807) is 19.3 Å². The second-order valence-electron chi connectivity index (χ2n) is 1.60. The molecular formula is C6H12O2. The van der Waals surface area contributed by atoms with Crippen molar-refractivity contribution in [2.75, 3.05) is 6.61 Å². The van der Waals surface area contributed by atoms with Crippen LogP contribution in [0.5, 0.6) is 0 Å². The van der Waals surface area contributed by atoms with Gasteiger partial charge < -0.3 is 9.84 Å². The van der Waals surface area contributed by atoms with Crippen molar-refractivity contribution in [1.29, 1.82) is 0 Å². The number of hydrogen-bond donors (Lipinski definition) is 1. The second kappa shape index (κ2) is 4.65. The lowest BCUT2D eigenvalue weighted by Gasteiger charge is -2.04. The van der Waals surface area contributed by atoms with Crippen LogP contribution >= 0.6 is 0 Å². The minimum Gasteiger partial charge on any atom is -0.496 e. The maximum atomic E-state index is 8.40. The van der Waals surface area contributed by atoms with Gasteiger partial charge in [-0.3, -0.25) is 0 Å². The first-order valence-electron chi connectivity index (χ1n) is 2.68. The molecule has 0 amide bonds. The zero-order valence-electron chi connectivity index (χ0n) is 5.29. The van der Waals surface area contributed by atoms with Gasteiger partial charge in [0.05, 0.1) is 12.9 Å². The van der Waals surface area contributed by atoms with Crippen LogP contribution in [-0.2, 0) is 4.74 Å². The van der Waals surface area contributed by atoms with Crippen molar-refractivity contribution in [3.63, 3.8) is 0 Å². The van der Waals surface area contributed by atoms with E-state index < -0.39 is 0 Å². The van der Waals surface area contributed by atoms with Crippen molar-refractivity contribution in [3.05, 3.63) is 12.3 Å². The lowest BCUT2D eigenvalue weighted by Crippen LogP contribution is -2.08. The van der Waals surface area contributed by atoms with E-state index in [1.807, 2.05) is 6.92 Å². The summed E-state index contributed by atoms with van der Waals surface area (Å²) < 4.78 is 4.91. The molecule has 0 fully saturated rings. The number of hydrogen-bond acceptors (Lipinski definition) is 2. The summed E-state index contributed by atoms with van der Waals surface area (Å²) in [4.78, 5) is 0. The molecule has 0 aromatic heterocycles. The molecular weight excluding hydrogens is 104 g/mol. The quantitative estimate of drug-likeness (QED) is 0.555. The Morgan fingerprint density at radius 2 is 2.38 bits per heavy atom. The molecule has 48 valence electrons. The monoisotopic (exact) mass is 116 g/mol. The molecule has 0 aromatic rings. The van der Waals surface area contributed by atoms with Gasteiger partial charge in [-0.2, -0.15) is 0 Å². The molecule has 0 spiro atoms. The summed E-state index contributed by atoms with van der Waals surface area (Å²) in [5.74, 6) is 0. The van der Waals surface area contributed by atoms with Gasteiger partial charge in [0.1, 0.15) is 6.10 Å². The number of allylic oxidation sites excluding steroid dienone is 1. The molecule has 1 unspecified atom stereocenters. The lowest BCUT2D eigenvalue weighted by molar-refractivity contribution is 0.0914. The molecule has 0 saturated heterocycles. The van der Waals surface area contributed by atoms with E-state index in [4.69, 9.17) is 9.84 Å². The summed E-state index contributed by atoms with van der Waals surface area (Å²) in [6.07, 6.45) is 3.28. The average Bonchev–Trinajstić information content (AvgIpc) is 1.83. The molecule has 0 saturated carbocycles. The zero-order valence-corrected chi connectivity index (χ0v) is 5.29. The summed E-state index contributed by atoms with van der Waals surface area (Å²) in [5, 5.41) is 8.40. The standard InChI is InChI=1S/C6H12O2/c1-3-4-8-6(2)5-7/h3-4,6-7H,5H2,1-2H3/b4-3-. The SMILES string of the molecule is C/C=C\OC(C)CO. The van der Waals surface area contributed by atoms with Crippen LogP contribution in [0, 0.1) is 0 Å². The predicted molar refractivity (Wildman–Crippen MR) is 32.4 cm³/mol. The van der Waals surface area contributed by atoms with Gasteiger partial charge in [-0.05, 0) is 13.8 Å². The molecule has 0 heterocycles.